The highest BCUT2D eigenvalue weighted by atomic mass is 32.2. The van der Waals surface area contributed by atoms with Crippen LogP contribution in [0.4, 0.5) is 5.69 Å². The monoisotopic (exact) mass is 459 g/mol. The number of ketones is 1. The third-order valence-corrected chi connectivity index (χ3v) is 6.21. The summed E-state index contributed by atoms with van der Waals surface area (Å²) in [5.41, 5.74) is 2.36. The maximum atomic E-state index is 13.3. The maximum Gasteiger partial charge on any atom is 0.244 e. The number of aryl methyl sites for hydroxylation is 1. The molecular formula is C23H29N3O5S. The van der Waals surface area contributed by atoms with Crippen LogP contribution in [-0.4, -0.2) is 56.8 Å². The van der Waals surface area contributed by atoms with Crippen LogP contribution in [0.3, 0.4) is 0 Å². The second-order valence-electron chi connectivity index (χ2n) is 7.68. The summed E-state index contributed by atoms with van der Waals surface area (Å²) in [4.78, 5) is 38.7. The number of Topliss-reactive ketones (excluding diaryl/α,β-unsaturated/α-hetero) is 1. The highest BCUT2D eigenvalue weighted by Crippen LogP contribution is 2.21. The van der Waals surface area contributed by atoms with E-state index in [9.17, 15) is 22.8 Å². The van der Waals surface area contributed by atoms with Crippen LogP contribution in [0.25, 0.3) is 0 Å². The quantitative estimate of drug-likeness (QED) is 0.579. The molecule has 0 aromatic heterocycles. The molecule has 0 aliphatic carbocycles. The Balaban J connectivity index is 2.42. The zero-order valence-electron chi connectivity index (χ0n) is 19.0. The largest absolute Gasteiger partial charge is 0.357 e. The number of sulfonamides is 1. The third-order valence-electron chi connectivity index (χ3n) is 5.07. The zero-order valence-corrected chi connectivity index (χ0v) is 19.8. The van der Waals surface area contributed by atoms with Gasteiger partial charge in [0.05, 0.1) is 11.9 Å². The SMILES string of the molecule is CNC(=O)C(C)N(Cc1cccc(C)c1)C(=O)CN(c1cccc(C(C)=O)c1)S(C)(=O)=O. The first-order valence-corrected chi connectivity index (χ1v) is 11.9. The minimum Gasteiger partial charge on any atom is -0.357 e. The lowest BCUT2D eigenvalue weighted by molar-refractivity contribution is -0.139. The Morgan fingerprint density at radius 2 is 1.72 bits per heavy atom. The van der Waals surface area contributed by atoms with Crippen molar-refractivity contribution in [1.29, 1.82) is 0 Å². The molecule has 2 rings (SSSR count). The van der Waals surface area contributed by atoms with Gasteiger partial charge in [-0.3, -0.25) is 18.7 Å². The van der Waals surface area contributed by atoms with E-state index < -0.39 is 28.5 Å². The van der Waals surface area contributed by atoms with Crippen molar-refractivity contribution in [3.8, 4) is 0 Å². The van der Waals surface area contributed by atoms with E-state index >= 15 is 0 Å². The van der Waals surface area contributed by atoms with Gasteiger partial charge in [0, 0.05) is 19.2 Å². The minimum atomic E-state index is -3.85. The molecule has 2 aromatic carbocycles. The van der Waals surface area contributed by atoms with Crippen molar-refractivity contribution in [3.63, 3.8) is 0 Å². The van der Waals surface area contributed by atoms with Crippen molar-refractivity contribution in [2.45, 2.75) is 33.4 Å². The Morgan fingerprint density at radius 1 is 1.06 bits per heavy atom. The van der Waals surface area contributed by atoms with E-state index in [2.05, 4.69) is 5.32 Å². The minimum absolute atomic E-state index is 0.139. The number of carbonyl (C=O) groups excluding carboxylic acids is 3. The highest BCUT2D eigenvalue weighted by molar-refractivity contribution is 7.92. The first-order valence-electron chi connectivity index (χ1n) is 10.1. The van der Waals surface area contributed by atoms with E-state index in [0.29, 0.717) is 5.56 Å². The number of nitrogens with one attached hydrogen (secondary N) is 1. The molecule has 0 aliphatic heterocycles. The van der Waals surface area contributed by atoms with Crippen molar-refractivity contribution in [2.24, 2.45) is 0 Å². The number of amides is 2. The Morgan fingerprint density at radius 3 is 2.28 bits per heavy atom. The van der Waals surface area contributed by atoms with Gasteiger partial charge in [0.2, 0.25) is 21.8 Å². The van der Waals surface area contributed by atoms with Crippen LogP contribution in [0.2, 0.25) is 0 Å². The lowest BCUT2D eigenvalue weighted by Crippen LogP contribution is -2.50. The molecule has 1 atom stereocenters. The zero-order chi connectivity index (χ0) is 24.1. The van der Waals surface area contributed by atoms with Crippen LogP contribution in [0.1, 0.15) is 35.3 Å². The number of rotatable bonds is 9. The van der Waals surface area contributed by atoms with Crippen molar-refractivity contribution in [1.82, 2.24) is 10.2 Å². The first-order chi connectivity index (χ1) is 14.9. The standard InChI is InChI=1S/C23H29N3O5S/c1-16-8-6-9-19(12-16)14-25(17(2)23(29)24-4)22(28)15-26(32(5,30)31)21-11-7-10-20(13-21)18(3)27/h6-13,17H,14-15H2,1-5H3,(H,24,29). The van der Waals surface area contributed by atoms with Crippen molar-refractivity contribution >= 4 is 33.3 Å². The average molecular weight is 460 g/mol. The molecule has 0 bridgehead atoms. The van der Waals surface area contributed by atoms with E-state index in [4.69, 9.17) is 0 Å². The molecule has 2 amide bonds. The third kappa shape index (κ3) is 6.40. The summed E-state index contributed by atoms with van der Waals surface area (Å²) in [6, 6.07) is 12.8. The second-order valence-corrected chi connectivity index (χ2v) is 9.58. The Bertz CT molecular complexity index is 1110. The van der Waals surface area contributed by atoms with Gasteiger partial charge in [0.25, 0.3) is 0 Å². The molecule has 9 heteroatoms. The van der Waals surface area contributed by atoms with Gasteiger partial charge in [-0.1, -0.05) is 42.0 Å². The number of anilines is 1. The van der Waals surface area contributed by atoms with Gasteiger partial charge in [-0.05, 0) is 38.5 Å². The molecule has 2 aromatic rings. The molecule has 1 N–H and O–H groups in total. The van der Waals surface area contributed by atoms with Crippen LogP contribution in [0.5, 0.6) is 0 Å². The highest BCUT2D eigenvalue weighted by Gasteiger charge is 2.29. The van der Waals surface area contributed by atoms with Crippen LogP contribution < -0.4 is 9.62 Å². The summed E-state index contributed by atoms with van der Waals surface area (Å²) >= 11 is 0. The van der Waals surface area contributed by atoms with Crippen molar-refractivity contribution in [2.75, 3.05) is 24.2 Å². The van der Waals surface area contributed by atoms with Crippen molar-refractivity contribution < 1.29 is 22.8 Å². The molecule has 32 heavy (non-hydrogen) atoms. The second kappa shape index (κ2) is 10.4. The predicted octanol–water partition coefficient (Wildman–Crippen LogP) is 2.13. The molecule has 0 aliphatic rings. The molecular weight excluding hydrogens is 430 g/mol. The summed E-state index contributed by atoms with van der Waals surface area (Å²) in [6.07, 6.45) is 0.994. The maximum absolute atomic E-state index is 13.3. The summed E-state index contributed by atoms with van der Waals surface area (Å²) in [5.74, 6) is -1.13. The average Bonchev–Trinajstić information content (AvgIpc) is 2.73. The molecule has 0 radical (unpaired) electrons. The topological polar surface area (TPSA) is 104 Å². The molecule has 0 spiro atoms. The van der Waals surface area contributed by atoms with Crippen LogP contribution >= 0.6 is 0 Å². The number of hydrogen-bond donors (Lipinski definition) is 1. The number of likely N-dealkylation sites (N-methyl/N-ethyl adjacent to an activating group) is 1. The van der Waals surface area contributed by atoms with Gasteiger partial charge in [0.15, 0.2) is 5.78 Å². The Kier molecular flexibility index (Phi) is 8.15. The van der Waals surface area contributed by atoms with Gasteiger partial charge in [-0.25, -0.2) is 8.42 Å². The van der Waals surface area contributed by atoms with E-state index in [-0.39, 0.29) is 23.9 Å². The van der Waals surface area contributed by atoms with Crippen molar-refractivity contribution in [3.05, 3.63) is 65.2 Å². The number of carbonyl (C=O) groups is 3. The van der Waals surface area contributed by atoms with Gasteiger partial charge in [0.1, 0.15) is 12.6 Å². The van der Waals surface area contributed by atoms with E-state index in [1.54, 1.807) is 19.1 Å². The van der Waals surface area contributed by atoms with E-state index in [1.807, 2.05) is 31.2 Å². The normalized spacial score (nSPS) is 12.0. The summed E-state index contributed by atoms with van der Waals surface area (Å²) in [7, 11) is -2.37. The van der Waals surface area contributed by atoms with Gasteiger partial charge < -0.3 is 10.2 Å². The smallest absolute Gasteiger partial charge is 0.244 e. The summed E-state index contributed by atoms with van der Waals surface area (Å²) < 4.78 is 26.0. The number of hydrogen-bond acceptors (Lipinski definition) is 5. The lowest BCUT2D eigenvalue weighted by atomic mass is 10.1. The first kappa shape index (κ1) is 25.1. The summed E-state index contributed by atoms with van der Waals surface area (Å²) in [5, 5.41) is 2.53. The van der Waals surface area contributed by atoms with E-state index in [1.165, 1.54) is 31.0 Å². The fourth-order valence-electron chi connectivity index (χ4n) is 3.29. The molecule has 0 saturated carbocycles. The molecule has 1 unspecified atom stereocenters. The molecule has 0 saturated heterocycles. The summed E-state index contributed by atoms with van der Waals surface area (Å²) in [6.45, 7) is 4.52. The van der Waals surface area contributed by atoms with Crippen LogP contribution in [-0.2, 0) is 26.2 Å². The molecule has 8 nitrogen and oxygen atoms in total. The van der Waals surface area contributed by atoms with Crippen LogP contribution in [0, 0.1) is 6.92 Å². The predicted molar refractivity (Wildman–Crippen MR) is 124 cm³/mol. The lowest BCUT2D eigenvalue weighted by Gasteiger charge is -2.31. The Hall–Kier alpha value is -3.20. The van der Waals surface area contributed by atoms with Gasteiger partial charge >= 0.3 is 0 Å². The van der Waals surface area contributed by atoms with Gasteiger partial charge in [-0.2, -0.15) is 0 Å². The van der Waals surface area contributed by atoms with Crippen LogP contribution in [0.15, 0.2) is 48.5 Å². The number of benzene rings is 2. The Labute approximate surface area is 189 Å². The molecule has 172 valence electrons. The number of nitrogens with zero attached hydrogens (tertiary/aromatic N) is 2. The fraction of sp³-hybridized carbons (Fsp3) is 0.348. The molecule has 0 fully saturated rings. The van der Waals surface area contributed by atoms with E-state index in [0.717, 1.165) is 21.7 Å². The fourth-order valence-corrected chi connectivity index (χ4v) is 4.13. The molecule has 0 heterocycles. The van der Waals surface area contributed by atoms with Gasteiger partial charge in [-0.15, -0.1) is 0 Å².